The van der Waals surface area contributed by atoms with Crippen LogP contribution in [0.5, 0.6) is 0 Å². The van der Waals surface area contributed by atoms with Crippen LogP contribution in [0.1, 0.15) is 6.92 Å². The molecule has 0 atom stereocenters. The predicted octanol–water partition coefficient (Wildman–Crippen LogP) is -1.99. The summed E-state index contributed by atoms with van der Waals surface area (Å²) in [5.74, 6) is -0.833. The third-order valence-corrected chi connectivity index (χ3v) is 0.905. The van der Waals surface area contributed by atoms with Crippen LogP contribution >= 0.6 is 0 Å². The van der Waals surface area contributed by atoms with E-state index in [9.17, 15) is 14.4 Å². The molecule has 0 saturated heterocycles. The van der Waals surface area contributed by atoms with Gasteiger partial charge in [0.1, 0.15) is 0 Å². The standard InChI is InChI=1S/C6H10N2O3.CH5N/c1-5(10)7-2-3-8-6(11)4-9;1-2/h4H,2-3H2,1H3,(H,7,10)(H,8,11);2H2,1H3. The first-order valence-electron chi connectivity index (χ1n) is 3.72. The molecule has 2 amide bonds. The molecule has 0 aliphatic heterocycles. The van der Waals surface area contributed by atoms with Crippen LogP contribution in [-0.2, 0) is 14.4 Å². The minimum Gasteiger partial charge on any atom is -0.355 e. The van der Waals surface area contributed by atoms with Crippen LogP contribution in [0, 0.1) is 0 Å². The summed E-state index contributed by atoms with van der Waals surface area (Å²) in [6.07, 6.45) is 0.188. The highest BCUT2D eigenvalue weighted by atomic mass is 16.2. The maximum atomic E-state index is 10.3. The first-order valence-corrected chi connectivity index (χ1v) is 3.72. The summed E-state index contributed by atoms with van der Waals surface area (Å²) >= 11 is 0. The summed E-state index contributed by atoms with van der Waals surface area (Å²) in [6.45, 7) is 1.99. The minimum absolute atomic E-state index is 0.162. The monoisotopic (exact) mass is 189 g/mol. The Morgan fingerprint density at radius 2 is 1.69 bits per heavy atom. The zero-order valence-corrected chi connectivity index (χ0v) is 7.79. The molecule has 4 N–H and O–H groups in total. The Bertz CT molecular complexity index is 170. The normalized spacial score (nSPS) is 7.62. The molecule has 0 aliphatic carbocycles. The highest BCUT2D eigenvalue weighted by Gasteiger charge is 1.95. The average Bonchev–Trinajstić information content (AvgIpc) is 2.15. The van der Waals surface area contributed by atoms with E-state index < -0.39 is 5.91 Å². The molecule has 0 saturated carbocycles. The van der Waals surface area contributed by atoms with E-state index in [0.29, 0.717) is 6.54 Å². The minimum atomic E-state index is -0.671. The van der Waals surface area contributed by atoms with Gasteiger partial charge in [0.15, 0.2) is 0 Å². The van der Waals surface area contributed by atoms with Crippen LogP contribution in [0.4, 0.5) is 0 Å². The molecule has 0 rings (SSSR count). The lowest BCUT2D eigenvalue weighted by molar-refractivity contribution is -0.131. The molecule has 0 heterocycles. The van der Waals surface area contributed by atoms with Gasteiger partial charge in [0.2, 0.25) is 12.2 Å². The smallest absolute Gasteiger partial charge is 0.284 e. The first kappa shape index (κ1) is 14.1. The molecule has 0 spiro atoms. The van der Waals surface area contributed by atoms with Crippen LogP contribution in [0.3, 0.4) is 0 Å². The van der Waals surface area contributed by atoms with E-state index in [1.54, 1.807) is 0 Å². The maximum Gasteiger partial charge on any atom is 0.284 e. The number of hydrogen-bond acceptors (Lipinski definition) is 4. The van der Waals surface area contributed by atoms with Gasteiger partial charge in [0.05, 0.1) is 0 Å². The molecule has 6 heteroatoms. The number of aldehydes is 1. The van der Waals surface area contributed by atoms with Crippen molar-refractivity contribution < 1.29 is 14.4 Å². The number of rotatable bonds is 4. The van der Waals surface area contributed by atoms with Crippen molar-refractivity contribution in [3.05, 3.63) is 0 Å². The Hall–Kier alpha value is -1.43. The SMILES string of the molecule is CC(=O)NCCNC(=O)C=O.CN. The molecule has 0 radical (unpaired) electrons. The Morgan fingerprint density at radius 1 is 1.23 bits per heavy atom. The van der Waals surface area contributed by atoms with Crippen molar-refractivity contribution in [1.82, 2.24) is 10.6 Å². The average molecular weight is 189 g/mol. The molecular weight excluding hydrogens is 174 g/mol. The fourth-order valence-corrected chi connectivity index (χ4v) is 0.466. The quantitative estimate of drug-likeness (QED) is 0.271. The second kappa shape index (κ2) is 10.6. The lowest BCUT2D eigenvalue weighted by atomic mass is 10.5. The number of nitrogens with two attached hydrogens (primary N) is 1. The molecule has 0 unspecified atom stereocenters. The van der Waals surface area contributed by atoms with Gasteiger partial charge in [-0.05, 0) is 7.05 Å². The van der Waals surface area contributed by atoms with Crippen molar-refractivity contribution >= 4 is 18.1 Å². The van der Waals surface area contributed by atoms with Gasteiger partial charge in [-0.3, -0.25) is 14.4 Å². The van der Waals surface area contributed by atoms with E-state index >= 15 is 0 Å². The van der Waals surface area contributed by atoms with Gasteiger partial charge in [-0.1, -0.05) is 0 Å². The molecule has 0 bridgehead atoms. The van der Waals surface area contributed by atoms with Crippen LogP contribution < -0.4 is 16.4 Å². The second-order valence-corrected chi connectivity index (χ2v) is 1.89. The van der Waals surface area contributed by atoms with Crippen LogP contribution in [0.25, 0.3) is 0 Å². The topological polar surface area (TPSA) is 101 Å². The molecular formula is C7H15N3O3. The Kier molecular flexibility index (Phi) is 11.5. The zero-order valence-electron chi connectivity index (χ0n) is 7.79. The summed E-state index contributed by atoms with van der Waals surface area (Å²) in [7, 11) is 1.50. The van der Waals surface area contributed by atoms with E-state index in [2.05, 4.69) is 16.4 Å². The van der Waals surface area contributed by atoms with Crippen LogP contribution in [0.2, 0.25) is 0 Å². The summed E-state index contributed by atoms with van der Waals surface area (Å²) in [5.41, 5.74) is 4.50. The van der Waals surface area contributed by atoms with Crippen molar-refractivity contribution in [3.8, 4) is 0 Å². The van der Waals surface area contributed by atoms with Gasteiger partial charge in [-0.25, -0.2) is 0 Å². The van der Waals surface area contributed by atoms with Crippen molar-refractivity contribution in [2.75, 3.05) is 20.1 Å². The molecule has 6 nitrogen and oxygen atoms in total. The Balaban J connectivity index is 0. The first-order chi connectivity index (χ1) is 6.16. The molecule has 0 aromatic carbocycles. The largest absolute Gasteiger partial charge is 0.355 e. The molecule has 13 heavy (non-hydrogen) atoms. The highest BCUT2D eigenvalue weighted by molar-refractivity contribution is 6.23. The predicted molar refractivity (Wildman–Crippen MR) is 47.9 cm³/mol. The summed E-state index contributed by atoms with van der Waals surface area (Å²) in [5, 5.41) is 4.72. The van der Waals surface area contributed by atoms with Crippen molar-refractivity contribution in [2.45, 2.75) is 6.92 Å². The Morgan fingerprint density at radius 3 is 2.08 bits per heavy atom. The Labute approximate surface area is 76.9 Å². The molecule has 0 aromatic rings. The number of carbonyl (C=O) groups is 3. The molecule has 76 valence electrons. The lowest BCUT2D eigenvalue weighted by Crippen LogP contribution is -2.34. The van der Waals surface area contributed by atoms with E-state index in [4.69, 9.17) is 0 Å². The number of nitrogens with one attached hydrogen (secondary N) is 2. The third kappa shape index (κ3) is 13.5. The van der Waals surface area contributed by atoms with Gasteiger partial charge >= 0.3 is 0 Å². The summed E-state index contributed by atoms with van der Waals surface area (Å²) in [6, 6.07) is 0. The number of hydrogen-bond donors (Lipinski definition) is 3. The van der Waals surface area contributed by atoms with Gasteiger partial charge in [0.25, 0.3) is 5.91 Å². The van der Waals surface area contributed by atoms with Gasteiger partial charge < -0.3 is 16.4 Å². The molecule has 0 aliphatic rings. The summed E-state index contributed by atoms with van der Waals surface area (Å²) < 4.78 is 0. The van der Waals surface area contributed by atoms with E-state index in [0.717, 1.165) is 0 Å². The van der Waals surface area contributed by atoms with E-state index in [-0.39, 0.29) is 18.7 Å². The molecule has 0 fully saturated rings. The van der Waals surface area contributed by atoms with Gasteiger partial charge in [-0.15, -0.1) is 0 Å². The zero-order chi connectivity index (χ0) is 10.7. The molecule has 0 aromatic heterocycles. The number of amides is 2. The van der Waals surface area contributed by atoms with Gasteiger partial charge in [0, 0.05) is 20.0 Å². The van der Waals surface area contributed by atoms with Gasteiger partial charge in [-0.2, -0.15) is 0 Å². The van der Waals surface area contributed by atoms with Crippen LogP contribution in [-0.4, -0.2) is 38.2 Å². The van der Waals surface area contributed by atoms with E-state index in [1.807, 2.05) is 0 Å². The highest BCUT2D eigenvalue weighted by Crippen LogP contribution is 1.61. The fraction of sp³-hybridized carbons (Fsp3) is 0.571. The van der Waals surface area contributed by atoms with E-state index in [1.165, 1.54) is 14.0 Å². The van der Waals surface area contributed by atoms with Crippen molar-refractivity contribution in [2.24, 2.45) is 5.73 Å². The van der Waals surface area contributed by atoms with Crippen molar-refractivity contribution in [1.29, 1.82) is 0 Å². The third-order valence-electron chi connectivity index (χ3n) is 0.905. The van der Waals surface area contributed by atoms with Crippen molar-refractivity contribution in [3.63, 3.8) is 0 Å². The number of carbonyl (C=O) groups excluding carboxylic acids is 3. The fourth-order valence-electron chi connectivity index (χ4n) is 0.466. The second-order valence-electron chi connectivity index (χ2n) is 1.89. The lowest BCUT2D eigenvalue weighted by Gasteiger charge is -2.00. The maximum absolute atomic E-state index is 10.3. The summed E-state index contributed by atoms with van der Waals surface area (Å²) in [4.78, 5) is 30.3. The van der Waals surface area contributed by atoms with Crippen LogP contribution in [0.15, 0.2) is 0 Å².